The van der Waals surface area contributed by atoms with E-state index >= 15 is 0 Å². The molecule has 19 heavy (non-hydrogen) atoms. The predicted molar refractivity (Wildman–Crippen MR) is 74.7 cm³/mol. The summed E-state index contributed by atoms with van der Waals surface area (Å²) < 4.78 is 19.2. The highest BCUT2D eigenvalue weighted by Gasteiger charge is 2.07. The first-order valence-electron chi connectivity index (χ1n) is 5.57. The zero-order valence-corrected chi connectivity index (χ0v) is 10.8. The number of ether oxygens (including phenoxy) is 1. The molecule has 0 unspecified atom stereocenters. The van der Waals surface area contributed by atoms with Crippen molar-refractivity contribution in [3.8, 4) is 11.5 Å². The standard InChI is InChI=1S/C14H12FNO2S/c15-12-7-10(14(16)19)4-5-13(12)18-11-3-1-2-9(6-11)8-17/h1-7,17H,8H2,(H2,16,19). The summed E-state index contributed by atoms with van der Waals surface area (Å²) in [7, 11) is 0. The van der Waals surface area contributed by atoms with Crippen LogP contribution in [0.5, 0.6) is 11.5 Å². The molecule has 5 heteroatoms. The van der Waals surface area contributed by atoms with E-state index in [9.17, 15) is 4.39 Å². The highest BCUT2D eigenvalue weighted by Crippen LogP contribution is 2.25. The van der Waals surface area contributed by atoms with Crippen LogP contribution in [0.25, 0.3) is 0 Å². The van der Waals surface area contributed by atoms with Crippen molar-refractivity contribution in [2.24, 2.45) is 5.73 Å². The number of rotatable bonds is 4. The van der Waals surface area contributed by atoms with Crippen LogP contribution < -0.4 is 10.5 Å². The third kappa shape index (κ3) is 3.27. The van der Waals surface area contributed by atoms with Crippen LogP contribution in [0.2, 0.25) is 0 Å². The van der Waals surface area contributed by atoms with Crippen LogP contribution in [0.1, 0.15) is 11.1 Å². The molecule has 3 N–H and O–H groups in total. The number of aliphatic hydroxyl groups excluding tert-OH is 1. The van der Waals surface area contributed by atoms with E-state index in [0.29, 0.717) is 16.9 Å². The molecule has 2 aromatic carbocycles. The summed E-state index contributed by atoms with van der Waals surface area (Å²) in [5.74, 6) is -0.0108. The van der Waals surface area contributed by atoms with E-state index in [1.807, 2.05) is 0 Å². The summed E-state index contributed by atoms with van der Waals surface area (Å²) in [4.78, 5) is 0.132. The molecule has 3 nitrogen and oxygen atoms in total. The Labute approximate surface area is 115 Å². The van der Waals surface area contributed by atoms with Crippen LogP contribution in [0.15, 0.2) is 42.5 Å². The van der Waals surface area contributed by atoms with Crippen molar-refractivity contribution in [1.82, 2.24) is 0 Å². The van der Waals surface area contributed by atoms with Gasteiger partial charge in [0.15, 0.2) is 11.6 Å². The molecule has 0 aliphatic rings. The van der Waals surface area contributed by atoms with Gasteiger partial charge in [-0.05, 0) is 35.9 Å². The molecule has 0 atom stereocenters. The molecule has 0 aliphatic heterocycles. The fourth-order valence-corrected chi connectivity index (χ4v) is 1.70. The zero-order chi connectivity index (χ0) is 13.8. The summed E-state index contributed by atoms with van der Waals surface area (Å²) in [6.45, 7) is -0.0972. The first kappa shape index (κ1) is 13.5. The highest BCUT2D eigenvalue weighted by atomic mass is 32.1. The number of nitrogens with two attached hydrogens (primary N) is 1. The third-order valence-electron chi connectivity index (χ3n) is 2.53. The molecule has 0 radical (unpaired) electrons. The predicted octanol–water partition coefficient (Wildman–Crippen LogP) is 2.74. The van der Waals surface area contributed by atoms with Crippen LogP contribution in [-0.2, 0) is 6.61 Å². The molecule has 98 valence electrons. The van der Waals surface area contributed by atoms with Crippen LogP contribution in [0.4, 0.5) is 4.39 Å². The molecule has 0 saturated carbocycles. The molecule has 0 amide bonds. The first-order chi connectivity index (χ1) is 9.10. The van der Waals surface area contributed by atoms with Crippen molar-refractivity contribution in [2.75, 3.05) is 0 Å². The van der Waals surface area contributed by atoms with Gasteiger partial charge in [-0.1, -0.05) is 24.4 Å². The summed E-state index contributed by atoms with van der Waals surface area (Å²) in [5.41, 5.74) is 6.56. The van der Waals surface area contributed by atoms with E-state index in [1.54, 1.807) is 30.3 Å². The molecular weight excluding hydrogens is 265 g/mol. The number of benzene rings is 2. The Morgan fingerprint density at radius 3 is 2.68 bits per heavy atom. The van der Waals surface area contributed by atoms with Crippen molar-refractivity contribution in [2.45, 2.75) is 6.61 Å². The van der Waals surface area contributed by atoms with Crippen molar-refractivity contribution in [3.63, 3.8) is 0 Å². The van der Waals surface area contributed by atoms with Gasteiger partial charge in [0.05, 0.1) is 6.61 Å². The van der Waals surface area contributed by atoms with Gasteiger partial charge in [-0.3, -0.25) is 0 Å². The lowest BCUT2D eigenvalue weighted by Gasteiger charge is -2.08. The SMILES string of the molecule is NC(=S)c1ccc(Oc2cccc(CO)c2)c(F)c1. The van der Waals surface area contributed by atoms with Gasteiger partial charge in [0.1, 0.15) is 10.7 Å². The van der Waals surface area contributed by atoms with E-state index in [2.05, 4.69) is 0 Å². The van der Waals surface area contributed by atoms with E-state index in [0.717, 1.165) is 0 Å². The Morgan fingerprint density at radius 1 is 1.26 bits per heavy atom. The van der Waals surface area contributed by atoms with Gasteiger partial charge in [0, 0.05) is 5.56 Å². The Morgan fingerprint density at radius 2 is 2.05 bits per heavy atom. The lowest BCUT2D eigenvalue weighted by molar-refractivity contribution is 0.281. The van der Waals surface area contributed by atoms with Crippen LogP contribution in [-0.4, -0.2) is 10.1 Å². The Bertz CT molecular complexity index is 616. The Balaban J connectivity index is 2.25. The minimum Gasteiger partial charge on any atom is -0.454 e. The summed E-state index contributed by atoms with van der Waals surface area (Å²) in [5, 5.41) is 9.02. The van der Waals surface area contributed by atoms with Crippen molar-refractivity contribution >= 4 is 17.2 Å². The molecular formula is C14H12FNO2S. The zero-order valence-electron chi connectivity index (χ0n) is 9.97. The van der Waals surface area contributed by atoms with Crippen molar-refractivity contribution < 1.29 is 14.2 Å². The minimum absolute atomic E-state index is 0.0788. The molecule has 0 fully saturated rings. The monoisotopic (exact) mass is 277 g/mol. The maximum Gasteiger partial charge on any atom is 0.166 e. The second-order valence-corrected chi connectivity index (χ2v) is 4.36. The van der Waals surface area contributed by atoms with Crippen LogP contribution in [0.3, 0.4) is 0 Å². The number of aliphatic hydroxyl groups is 1. The van der Waals surface area contributed by atoms with E-state index in [-0.39, 0.29) is 17.3 Å². The molecule has 2 aromatic rings. The Kier molecular flexibility index (Phi) is 4.09. The second-order valence-electron chi connectivity index (χ2n) is 3.92. The van der Waals surface area contributed by atoms with Crippen molar-refractivity contribution in [3.05, 3.63) is 59.4 Å². The van der Waals surface area contributed by atoms with E-state index in [4.69, 9.17) is 27.8 Å². The molecule has 0 spiro atoms. The van der Waals surface area contributed by atoms with Crippen molar-refractivity contribution in [1.29, 1.82) is 0 Å². The highest BCUT2D eigenvalue weighted by molar-refractivity contribution is 7.80. The Hall–Kier alpha value is -1.98. The minimum atomic E-state index is -0.542. The fraction of sp³-hybridized carbons (Fsp3) is 0.0714. The van der Waals surface area contributed by atoms with Gasteiger partial charge < -0.3 is 15.6 Å². The smallest absolute Gasteiger partial charge is 0.166 e. The van der Waals surface area contributed by atoms with Crippen LogP contribution >= 0.6 is 12.2 Å². The fourth-order valence-electron chi connectivity index (χ4n) is 1.57. The molecule has 0 saturated heterocycles. The number of thiocarbonyl (C=S) groups is 1. The second kappa shape index (κ2) is 5.77. The lowest BCUT2D eigenvalue weighted by atomic mass is 10.2. The van der Waals surface area contributed by atoms with Gasteiger partial charge in [0.2, 0.25) is 0 Å². The largest absolute Gasteiger partial charge is 0.454 e. The molecule has 2 rings (SSSR count). The van der Waals surface area contributed by atoms with Gasteiger partial charge in [-0.25, -0.2) is 4.39 Å². The van der Waals surface area contributed by atoms with Gasteiger partial charge >= 0.3 is 0 Å². The van der Waals surface area contributed by atoms with Crippen LogP contribution in [0, 0.1) is 5.82 Å². The van der Waals surface area contributed by atoms with Gasteiger partial charge in [-0.15, -0.1) is 0 Å². The van der Waals surface area contributed by atoms with E-state index in [1.165, 1.54) is 12.1 Å². The molecule has 0 bridgehead atoms. The maximum atomic E-state index is 13.8. The average molecular weight is 277 g/mol. The number of hydrogen-bond acceptors (Lipinski definition) is 3. The van der Waals surface area contributed by atoms with Gasteiger partial charge in [0.25, 0.3) is 0 Å². The molecule has 0 aromatic heterocycles. The normalized spacial score (nSPS) is 10.2. The topological polar surface area (TPSA) is 55.5 Å². The first-order valence-corrected chi connectivity index (χ1v) is 5.98. The summed E-state index contributed by atoms with van der Waals surface area (Å²) >= 11 is 4.77. The summed E-state index contributed by atoms with van der Waals surface area (Å²) in [6, 6.07) is 11.1. The average Bonchev–Trinajstić information content (AvgIpc) is 2.41. The van der Waals surface area contributed by atoms with Gasteiger partial charge in [-0.2, -0.15) is 0 Å². The van der Waals surface area contributed by atoms with E-state index < -0.39 is 5.82 Å². The number of halogens is 1. The quantitative estimate of drug-likeness (QED) is 0.844. The molecule has 0 heterocycles. The maximum absolute atomic E-state index is 13.8. The third-order valence-corrected chi connectivity index (χ3v) is 2.76. The lowest BCUT2D eigenvalue weighted by Crippen LogP contribution is -2.09. The summed E-state index contributed by atoms with van der Waals surface area (Å²) in [6.07, 6.45) is 0. The number of hydrogen-bond donors (Lipinski definition) is 2. The molecule has 0 aliphatic carbocycles.